The average molecular weight is 413 g/mol. The third kappa shape index (κ3) is 3.45. The van der Waals surface area contributed by atoms with E-state index in [2.05, 4.69) is 42.6 Å². The zero-order valence-corrected chi connectivity index (χ0v) is 18.6. The maximum Gasteiger partial charge on any atom is 0.0818 e. The summed E-state index contributed by atoms with van der Waals surface area (Å²) in [7, 11) is 0. The normalized spacial score (nSPS) is 43.3. The van der Waals surface area contributed by atoms with Crippen molar-refractivity contribution >= 4 is 17.2 Å². The molecule has 3 nitrogen and oxygen atoms in total. The summed E-state index contributed by atoms with van der Waals surface area (Å²) in [6.45, 7) is 2.97. The van der Waals surface area contributed by atoms with E-state index in [1.165, 1.54) is 37.7 Å². The molecular formula is C25H36N2OS. The SMILES string of the molecule is CCOC1C2CC3(C(=S)N[C@H]4CC[C@H](N)CC4)CC1CC(c1ccccc1)(C2)C3. The van der Waals surface area contributed by atoms with Crippen LogP contribution in [0.25, 0.3) is 0 Å². The molecule has 4 bridgehead atoms. The molecule has 5 saturated carbocycles. The first-order valence-corrected chi connectivity index (χ1v) is 12.2. The van der Waals surface area contributed by atoms with Gasteiger partial charge in [0.15, 0.2) is 0 Å². The van der Waals surface area contributed by atoms with Crippen molar-refractivity contribution in [3.05, 3.63) is 35.9 Å². The van der Waals surface area contributed by atoms with E-state index in [0.29, 0.717) is 30.0 Å². The van der Waals surface area contributed by atoms with Crippen LogP contribution in [0.5, 0.6) is 0 Å². The summed E-state index contributed by atoms with van der Waals surface area (Å²) in [5, 5.41) is 3.85. The average Bonchev–Trinajstić information content (AvgIpc) is 2.72. The zero-order chi connectivity index (χ0) is 20.1. The molecule has 158 valence electrons. The lowest BCUT2D eigenvalue weighted by atomic mass is 9.42. The molecule has 0 radical (unpaired) electrons. The Balaban J connectivity index is 1.42. The van der Waals surface area contributed by atoms with E-state index in [-0.39, 0.29) is 10.8 Å². The van der Waals surface area contributed by atoms with Gasteiger partial charge in [-0.3, -0.25) is 0 Å². The number of nitrogens with two attached hydrogens (primary N) is 1. The summed E-state index contributed by atoms with van der Waals surface area (Å²) >= 11 is 6.18. The molecule has 6 rings (SSSR count). The number of benzene rings is 1. The molecule has 0 saturated heterocycles. The van der Waals surface area contributed by atoms with Crippen molar-refractivity contribution < 1.29 is 4.74 Å². The van der Waals surface area contributed by atoms with Crippen LogP contribution in [0.3, 0.4) is 0 Å². The Labute approximate surface area is 181 Å². The summed E-state index contributed by atoms with van der Waals surface area (Å²) in [4.78, 5) is 1.16. The van der Waals surface area contributed by atoms with Gasteiger partial charge in [-0.1, -0.05) is 42.5 Å². The van der Waals surface area contributed by atoms with Crippen LogP contribution in [0.15, 0.2) is 30.3 Å². The molecule has 0 heterocycles. The van der Waals surface area contributed by atoms with Gasteiger partial charge in [0, 0.05) is 24.1 Å². The highest BCUT2D eigenvalue weighted by Gasteiger charge is 2.63. The predicted octanol–water partition coefficient (Wildman–Crippen LogP) is 4.73. The van der Waals surface area contributed by atoms with Crippen molar-refractivity contribution in [3.63, 3.8) is 0 Å². The maximum absolute atomic E-state index is 6.31. The molecule has 0 amide bonds. The molecule has 3 N–H and O–H groups in total. The van der Waals surface area contributed by atoms with Crippen molar-refractivity contribution in [2.75, 3.05) is 6.61 Å². The fourth-order valence-electron chi connectivity index (χ4n) is 7.57. The second-order valence-electron chi connectivity index (χ2n) is 10.4. The Morgan fingerprint density at radius 2 is 1.72 bits per heavy atom. The van der Waals surface area contributed by atoms with Crippen LogP contribution in [0.1, 0.15) is 70.3 Å². The van der Waals surface area contributed by atoms with Crippen LogP contribution in [0, 0.1) is 17.3 Å². The third-order valence-electron chi connectivity index (χ3n) is 8.55. The van der Waals surface area contributed by atoms with Crippen molar-refractivity contribution in [2.24, 2.45) is 23.0 Å². The fraction of sp³-hybridized carbons (Fsp3) is 0.720. The van der Waals surface area contributed by atoms with Gasteiger partial charge in [-0.05, 0) is 87.5 Å². The number of ether oxygens (including phenoxy) is 1. The first-order chi connectivity index (χ1) is 14.0. The first-order valence-electron chi connectivity index (χ1n) is 11.8. The molecule has 0 aromatic heterocycles. The number of rotatable bonds is 5. The number of thiocarbonyl (C=S) groups is 1. The van der Waals surface area contributed by atoms with Crippen LogP contribution in [-0.4, -0.2) is 29.8 Å². The Kier molecular flexibility index (Phi) is 5.24. The second-order valence-corrected chi connectivity index (χ2v) is 10.9. The van der Waals surface area contributed by atoms with E-state index < -0.39 is 0 Å². The van der Waals surface area contributed by atoms with Gasteiger partial charge in [-0.25, -0.2) is 0 Å². The summed E-state index contributed by atoms with van der Waals surface area (Å²) in [6, 6.07) is 12.2. The lowest BCUT2D eigenvalue weighted by Gasteiger charge is -2.65. The molecule has 5 fully saturated rings. The van der Waals surface area contributed by atoms with Crippen LogP contribution in [0.4, 0.5) is 0 Å². The van der Waals surface area contributed by atoms with E-state index in [4.69, 9.17) is 22.7 Å². The highest BCUT2D eigenvalue weighted by Crippen LogP contribution is 2.66. The van der Waals surface area contributed by atoms with Gasteiger partial charge in [0.05, 0.1) is 11.1 Å². The lowest BCUT2D eigenvalue weighted by molar-refractivity contribution is -0.148. The van der Waals surface area contributed by atoms with Crippen molar-refractivity contribution in [3.8, 4) is 0 Å². The quantitative estimate of drug-likeness (QED) is 0.687. The van der Waals surface area contributed by atoms with Crippen LogP contribution in [0.2, 0.25) is 0 Å². The van der Waals surface area contributed by atoms with Gasteiger partial charge in [0.1, 0.15) is 0 Å². The summed E-state index contributed by atoms with van der Waals surface area (Å²) < 4.78 is 6.31. The van der Waals surface area contributed by atoms with E-state index in [9.17, 15) is 0 Å². The van der Waals surface area contributed by atoms with Crippen LogP contribution in [-0.2, 0) is 10.2 Å². The zero-order valence-electron chi connectivity index (χ0n) is 17.7. The number of nitrogens with one attached hydrogen (secondary N) is 1. The number of hydrogen-bond donors (Lipinski definition) is 2. The van der Waals surface area contributed by atoms with Crippen molar-refractivity contribution in [2.45, 2.75) is 88.3 Å². The monoisotopic (exact) mass is 412 g/mol. The molecule has 1 aromatic rings. The molecular weight excluding hydrogens is 376 g/mol. The summed E-state index contributed by atoms with van der Waals surface area (Å²) in [5.74, 6) is 1.27. The topological polar surface area (TPSA) is 47.3 Å². The van der Waals surface area contributed by atoms with Crippen LogP contribution < -0.4 is 11.1 Å². The molecule has 2 unspecified atom stereocenters. The van der Waals surface area contributed by atoms with Crippen LogP contribution >= 0.6 is 12.2 Å². The van der Waals surface area contributed by atoms with Gasteiger partial charge in [0.25, 0.3) is 0 Å². The van der Waals surface area contributed by atoms with Gasteiger partial charge in [0.2, 0.25) is 0 Å². The standard InChI is InChI=1S/C25H36N2OS/c1-2-28-22-17-12-24(19-6-4-3-5-7-19)13-18(22)15-25(14-17,16-24)23(29)27-21-10-8-20(26)9-11-21/h3-7,17-18,20-22H,2,8-16,26H2,1H3,(H,27,29)/t17?,18?,20-,21-,22?,24?,25?. The minimum atomic E-state index is 0.157. The molecule has 0 aliphatic heterocycles. The van der Waals surface area contributed by atoms with Gasteiger partial charge in [-0.15, -0.1) is 0 Å². The number of hydrogen-bond acceptors (Lipinski definition) is 3. The largest absolute Gasteiger partial charge is 0.378 e. The van der Waals surface area contributed by atoms with Gasteiger partial charge < -0.3 is 15.8 Å². The van der Waals surface area contributed by atoms with E-state index >= 15 is 0 Å². The molecule has 5 aliphatic carbocycles. The Morgan fingerprint density at radius 1 is 1.07 bits per heavy atom. The van der Waals surface area contributed by atoms with Crippen molar-refractivity contribution in [1.29, 1.82) is 0 Å². The smallest absolute Gasteiger partial charge is 0.0818 e. The second kappa shape index (κ2) is 7.62. The molecule has 4 heteroatoms. The van der Waals surface area contributed by atoms with Crippen molar-refractivity contribution in [1.82, 2.24) is 5.32 Å². The van der Waals surface area contributed by atoms with Gasteiger partial charge >= 0.3 is 0 Å². The van der Waals surface area contributed by atoms with E-state index in [1.807, 2.05) is 0 Å². The maximum atomic E-state index is 6.31. The van der Waals surface area contributed by atoms with Gasteiger partial charge in [-0.2, -0.15) is 0 Å². The molecule has 1 aromatic carbocycles. The van der Waals surface area contributed by atoms with E-state index in [0.717, 1.165) is 37.3 Å². The van der Waals surface area contributed by atoms with E-state index in [1.54, 1.807) is 0 Å². The molecule has 29 heavy (non-hydrogen) atoms. The molecule has 0 spiro atoms. The Hall–Kier alpha value is -0.970. The summed E-state index contributed by atoms with van der Waals surface area (Å²) in [5.41, 5.74) is 8.09. The first kappa shape index (κ1) is 20.0. The highest BCUT2D eigenvalue weighted by molar-refractivity contribution is 7.80. The molecule has 5 aliphatic rings. The summed E-state index contributed by atoms with van der Waals surface area (Å²) in [6.07, 6.45) is 11.2. The Bertz CT molecular complexity index is 726. The fourth-order valence-corrected chi connectivity index (χ4v) is 7.97. The predicted molar refractivity (Wildman–Crippen MR) is 122 cm³/mol. The minimum absolute atomic E-state index is 0.157. The molecule has 2 atom stereocenters. The third-order valence-corrected chi connectivity index (χ3v) is 9.10. The lowest BCUT2D eigenvalue weighted by Crippen LogP contribution is -2.64. The minimum Gasteiger partial charge on any atom is -0.378 e. The Morgan fingerprint density at radius 3 is 2.34 bits per heavy atom. The highest BCUT2D eigenvalue weighted by atomic mass is 32.1.